The first-order valence-electron chi connectivity index (χ1n) is 9.80. The van der Waals surface area contributed by atoms with Gasteiger partial charge in [-0.05, 0) is 69.2 Å². The van der Waals surface area contributed by atoms with Gasteiger partial charge in [0.05, 0.1) is 11.9 Å². The Morgan fingerprint density at radius 1 is 1.10 bits per heavy atom. The molecule has 0 radical (unpaired) electrons. The number of nitrogens with zero attached hydrogens (tertiary/aromatic N) is 4. The highest BCUT2D eigenvalue weighted by molar-refractivity contribution is 5.94. The number of carbonyl (C=O) groups excluding carboxylic acids is 1. The van der Waals surface area contributed by atoms with E-state index in [1.165, 1.54) is 0 Å². The molecule has 29 heavy (non-hydrogen) atoms. The van der Waals surface area contributed by atoms with E-state index in [9.17, 15) is 4.79 Å². The van der Waals surface area contributed by atoms with Gasteiger partial charge in [-0.25, -0.2) is 9.67 Å². The lowest BCUT2D eigenvalue weighted by atomic mass is 10.1. The summed E-state index contributed by atoms with van der Waals surface area (Å²) in [6, 6.07) is 13.8. The van der Waals surface area contributed by atoms with Gasteiger partial charge in [-0.15, -0.1) is 0 Å². The molecule has 0 aliphatic carbocycles. The van der Waals surface area contributed by atoms with Crippen LogP contribution in [0.5, 0.6) is 0 Å². The Morgan fingerprint density at radius 3 is 2.45 bits per heavy atom. The van der Waals surface area contributed by atoms with Crippen molar-refractivity contribution in [3.05, 3.63) is 77.2 Å². The van der Waals surface area contributed by atoms with Crippen molar-refractivity contribution >= 4 is 16.9 Å². The molecular weight excluding hydrogens is 362 g/mol. The fraction of sp³-hybridized carbons (Fsp3) is 0.261. The molecule has 0 aliphatic rings. The van der Waals surface area contributed by atoms with Gasteiger partial charge in [0, 0.05) is 29.7 Å². The Labute approximate surface area is 170 Å². The molecule has 0 fully saturated rings. The first-order valence-corrected chi connectivity index (χ1v) is 9.80. The number of nitrogens with one attached hydrogen (secondary N) is 1. The van der Waals surface area contributed by atoms with Crippen LogP contribution in [-0.4, -0.2) is 31.3 Å². The third-order valence-electron chi connectivity index (χ3n) is 4.83. The average Bonchev–Trinajstić information content (AvgIpc) is 3.30. The van der Waals surface area contributed by atoms with Crippen molar-refractivity contribution in [1.29, 1.82) is 0 Å². The van der Waals surface area contributed by atoms with E-state index in [1.54, 1.807) is 0 Å². The van der Waals surface area contributed by atoms with E-state index in [4.69, 9.17) is 10.1 Å². The molecule has 0 atom stereocenters. The largest absolute Gasteiger partial charge is 0.350 e. The van der Waals surface area contributed by atoms with E-state index in [1.807, 2.05) is 78.8 Å². The maximum absolute atomic E-state index is 12.2. The summed E-state index contributed by atoms with van der Waals surface area (Å²) in [5.41, 5.74) is 4.72. The Balaban J connectivity index is 1.71. The number of pyridine rings is 1. The van der Waals surface area contributed by atoms with Crippen molar-refractivity contribution in [2.24, 2.45) is 0 Å². The molecule has 3 aromatic heterocycles. The highest BCUT2D eigenvalue weighted by atomic mass is 16.1. The molecule has 1 aromatic carbocycles. The molecule has 148 valence electrons. The van der Waals surface area contributed by atoms with Crippen molar-refractivity contribution in [2.75, 3.05) is 0 Å². The molecule has 4 rings (SSSR count). The van der Waals surface area contributed by atoms with Gasteiger partial charge in [-0.2, -0.15) is 5.10 Å². The number of hydrogen-bond donors (Lipinski definition) is 1. The Morgan fingerprint density at radius 2 is 1.79 bits per heavy atom. The maximum atomic E-state index is 12.2. The number of benzene rings is 1. The SMILES string of the molecule is Cc1cc(C)c2c(-n3cccc3)nn(Cc3ccc(C(=O)NC(C)C)cc3)c2n1. The Bertz CT molecular complexity index is 1150. The van der Waals surface area contributed by atoms with Crippen molar-refractivity contribution in [2.45, 2.75) is 40.3 Å². The van der Waals surface area contributed by atoms with Crippen molar-refractivity contribution in [1.82, 2.24) is 24.6 Å². The summed E-state index contributed by atoms with van der Waals surface area (Å²) in [6.45, 7) is 8.59. The van der Waals surface area contributed by atoms with Gasteiger partial charge < -0.3 is 9.88 Å². The highest BCUT2D eigenvalue weighted by Crippen LogP contribution is 2.25. The molecule has 0 unspecified atom stereocenters. The van der Waals surface area contributed by atoms with E-state index in [0.717, 1.165) is 33.7 Å². The lowest BCUT2D eigenvalue weighted by molar-refractivity contribution is 0.0943. The van der Waals surface area contributed by atoms with Crippen molar-refractivity contribution in [3.8, 4) is 5.82 Å². The van der Waals surface area contributed by atoms with Crippen LogP contribution in [0.25, 0.3) is 16.9 Å². The van der Waals surface area contributed by atoms with Crippen molar-refractivity contribution in [3.63, 3.8) is 0 Å². The smallest absolute Gasteiger partial charge is 0.251 e. The minimum absolute atomic E-state index is 0.0566. The standard InChI is InChI=1S/C23H25N5O/c1-15(2)24-23(29)19-9-7-18(8-10-19)14-28-21-20(16(3)13-17(4)25-21)22(26-28)27-11-5-6-12-27/h5-13,15H,14H2,1-4H3,(H,24,29). The summed E-state index contributed by atoms with van der Waals surface area (Å²) in [5, 5.41) is 8.83. The minimum Gasteiger partial charge on any atom is -0.350 e. The molecule has 1 amide bonds. The molecule has 0 aliphatic heterocycles. The average molecular weight is 387 g/mol. The van der Waals surface area contributed by atoms with Crippen LogP contribution < -0.4 is 5.32 Å². The summed E-state index contributed by atoms with van der Waals surface area (Å²) in [7, 11) is 0. The van der Waals surface area contributed by atoms with Gasteiger partial charge in [0.15, 0.2) is 11.5 Å². The van der Waals surface area contributed by atoms with Crippen LogP contribution in [0.1, 0.15) is 41.0 Å². The van der Waals surface area contributed by atoms with Gasteiger partial charge in [0.2, 0.25) is 0 Å². The summed E-state index contributed by atoms with van der Waals surface area (Å²) in [4.78, 5) is 16.9. The van der Waals surface area contributed by atoms with Gasteiger partial charge in [-0.1, -0.05) is 12.1 Å². The molecule has 0 saturated carbocycles. The van der Waals surface area contributed by atoms with E-state index in [0.29, 0.717) is 12.1 Å². The van der Waals surface area contributed by atoms with Gasteiger partial charge in [-0.3, -0.25) is 4.79 Å². The molecule has 0 bridgehead atoms. The molecule has 6 heteroatoms. The van der Waals surface area contributed by atoms with Crippen molar-refractivity contribution < 1.29 is 4.79 Å². The number of carbonyl (C=O) groups is 1. The van der Waals surface area contributed by atoms with Gasteiger partial charge >= 0.3 is 0 Å². The highest BCUT2D eigenvalue weighted by Gasteiger charge is 2.16. The molecule has 0 saturated heterocycles. The topological polar surface area (TPSA) is 64.7 Å². The summed E-state index contributed by atoms with van der Waals surface area (Å²) < 4.78 is 3.95. The van der Waals surface area contributed by atoms with Crippen LogP contribution in [-0.2, 0) is 6.54 Å². The number of rotatable bonds is 5. The monoisotopic (exact) mass is 387 g/mol. The zero-order valence-corrected chi connectivity index (χ0v) is 17.2. The fourth-order valence-corrected chi connectivity index (χ4v) is 3.54. The number of amides is 1. The molecule has 3 heterocycles. The predicted octanol–water partition coefficient (Wildman–Crippen LogP) is 4.03. The molecular formula is C23H25N5O. The number of fused-ring (bicyclic) bond motifs is 1. The summed E-state index contributed by atoms with van der Waals surface area (Å²) >= 11 is 0. The van der Waals surface area contributed by atoms with Crippen LogP contribution in [0.4, 0.5) is 0 Å². The lowest BCUT2D eigenvalue weighted by Gasteiger charge is -2.09. The minimum atomic E-state index is -0.0566. The van der Waals surface area contributed by atoms with Crippen LogP contribution in [0, 0.1) is 13.8 Å². The molecule has 1 N–H and O–H groups in total. The molecule has 4 aromatic rings. The first kappa shape index (κ1) is 18.9. The first-order chi connectivity index (χ1) is 13.9. The van der Waals surface area contributed by atoms with Gasteiger partial charge in [0.25, 0.3) is 5.91 Å². The summed E-state index contributed by atoms with van der Waals surface area (Å²) in [5.74, 6) is 0.821. The second kappa shape index (κ2) is 7.54. The number of hydrogen-bond acceptors (Lipinski definition) is 3. The number of aryl methyl sites for hydroxylation is 2. The lowest BCUT2D eigenvalue weighted by Crippen LogP contribution is -2.30. The van der Waals surface area contributed by atoms with E-state index in [2.05, 4.69) is 18.3 Å². The second-order valence-electron chi connectivity index (χ2n) is 7.68. The quantitative estimate of drug-likeness (QED) is 0.562. The van der Waals surface area contributed by atoms with Crippen LogP contribution in [0.2, 0.25) is 0 Å². The predicted molar refractivity (Wildman–Crippen MR) is 114 cm³/mol. The van der Waals surface area contributed by atoms with E-state index >= 15 is 0 Å². The van der Waals surface area contributed by atoms with Crippen LogP contribution in [0.15, 0.2) is 54.9 Å². The number of aromatic nitrogens is 4. The second-order valence-corrected chi connectivity index (χ2v) is 7.68. The zero-order valence-electron chi connectivity index (χ0n) is 17.2. The van der Waals surface area contributed by atoms with Crippen LogP contribution >= 0.6 is 0 Å². The van der Waals surface area contributed by atoms with E-state index in [-0.39, 0.29) is 11.9 Å². The summed E-state index contributed by atoms with van der Waals surface area (Å²) in [6.07, 6.45) is 3.99. The third-order valence-corrected chi connectivity index (χ3v) is 4.83. The Hall–Kier alpha value is -3.41. The molecule has 6 nitrogen and oxygen atoms in total. The van der Waals surface area contributed by atoms with Crippen LogP contribution in [0.3, 0.4) is 0 Å². The zero-order chi connectivity index (χ0) is 20.5. The maximum Gasteiger partial charge on any atom is 0.251 e. The molecule has 0 spiro atoms. The third kappa shape index (κ3) is 3.78. The Kier molecular flexibility index (Phi) is 4.92. The normalized spacial score (nSPS) is 11.3. The van der Waals surface area contributed by atoms with Gasteiger partial charge in [0.1, 0.15) is 0 Å². The fourth-order valence-electron chi connectivity index (χ4n) is 3.54. The van der Waals surface area contributed by atoms with E-state index < -0.39 is 0 Å².